The van der Waals surface area contributed by atoms with Crippen LogP contribution in [0.25, 0.3) is 10.2 Å². The molecule has 0 aliphatic rings. The molecular weight excluding hydrogens is 342 g/mol. The average Bonchev–Trinajstić information content (AvgIpc) is 3.04. The van der Waals surface area contributed by atoms with Crippen LogP contribution in [-0.4, -0.2) is 24.8 Å². The second kappa shape index (κ2) is 6.32. The van der Waals surface area contributed by atoms with Crippen molar-refractivity contribution in [1.29, 1.82) is 5.26 Å². The van der Waals surface area contributed by atoms with E-state index >= 15 is 0 Å². The van der Waals surface area contributed by atoms with Gasteiger partial charge in [0.25, 0.3) is 0 Å². The van der Waals surface area contributed by atoms with Crippen molar-refractivity contribution in [3.63, 3.8) is 0 Å². The minimum atomic E-state index is -3.79. The highest BCUT2D eigenvalue weighted by Crippen LogP contribution is 2.32. The summed E-state index contributed by atoms with van der Waals surface area (Å²) < 4.78 is 28.1. The second-order valence-electron chi connectivity index (χ2n) is 5.33. The van der Waals surface area contributed by atoms with Crippen LogP contribution in [0.1, 0.15) is 23.5 Å². The van der Waals surface area contributed by atoms with Gasteiger partial charge < -0.3 is 0 Å². The van der Waals surface area contributed by atoms with Crippen LogP contribution < -0.4 is 0 Å². The van der Waals surface area contributed by atoms with Crippen LogP contribution in [0, 0.1) is 11.3 Å². The van der Waals surface area contributed by atoms with Crippen molar-refractivity contribution in [2.75, 3.05) is 7.05 Å². The van der Waals surface area contributed by atoms with Crippen LogP contribution in [0.4, 0.5) is 0 Å². The van der Waals surface area contributed by atoms with Crippen LogP contribution in [-0.2, 0) is 10.0 Å². The number of rotatable bonds is 4. The Bertz CT molecular complexity index is 1000. The zero-order chi connectivity index (χ0) is 17.3. The van der Waals surface area contributed by atoms with E-state index < -0.39 is 16.1 Å². The molecule has 5 nitrogen and oxygen atoms in total. The fourth-order valence-corrected chi connectivity index (χ4v) is 4.97. The summed E-state index contributed by atoms with van der Waals surface area (Å²) in [5.74, 6) is 0. The van der Waals surface area contributed by atoms with Crippen molar-refractivity contribution in [2.45, 2.75) is 17.9 Å². The summed E-state index contributed by atoms with van der Waals surface area (Å²) >= 11 is 1.47. The van der Waals surface area contributed by atoms with Crippen molar-refractivity contribution in [1.82, 2.24) is 9.29 Å². The number of fused-ring (bicyclic) bond motifs is 1. The summed E-state index contributed by atoms with van der Waals surface area (Å²) in [6.45, 7) is 1.80. The van der Waals surface area contributed by atoms with Gasteiger partial charge in [0.05, 0.1) is 26.7 Å². The van der Waals surface area contributed by atoms with Gasteiger partial charge in [-0.1, -0.05) is 24.3 Å². The first kappa shape index (κ1) is 16.6. The summed E-state index contributed by atoms with van der Waals surface area (Å²) in [6, 6.07) is 15.4. The van der Waals surface area contributed by atoms with E-state index in [1.54, 1.807) is 19.1 Å². The molecule has 0 aliphatic heterocycles. The van der Waals surface area contributed by atoms with Crippen LogP contribution in [0.15, 0.2) is 53.4 Å². The first-order valence-corrected chi connectivity index (χ1v) is 9.53. The number of nitriles is 1. The number of nitrogens with zero attached hydrogens (tertiary/aromatic N) is 3. The Kier molecular flexibility index (Phi) is 4.37. The van der Waals surface area contributed by atoms with E-state index in [9.17, 15) is 13.7 Å². The number of hydrogen-bond donors (Lipinski definition) is 0. The zero-order valence-electron chi connectivity index (χ0n) is 13.2. The van der Waals surface area contributed by atoms with E-state index in [1.807, 2.05) is 30.3 Å². The predicted octanol–water partition coefficient (Wildman–Crippen LogP) is 3.55. The van der Waals surface area contributed by atoms with E-state index in [2.05, 4.69) is 4.98 Å². The summed E-state index contributed by atoms with van der Waals surface area (Å²) in [7, 11) is -2.27. The van der Waals surface area contributed by atoms with E-state index in [0.29, 0.717) is 0 Å². The minimum Gasteiger partial charge on any atom is -0.239 e. The van der Waals surface area contributed by atoms with Crippen molar-refractivity contribution in [3.8, 4) is 6.07 Å². The molecule has 0 spiro atoms. The average molecular weight is 357 g/mol. The van der Waals surface area contributed by atoms with E-state index in [4.69, 9.17) is 0 Å². The van der Waals surface area contributed by atoms with Crippen molar-refractivity contribution >= 4 is 31.6 Å². The predicted molar refractivity (Wildman–Crippen MR) is 94.1 cm³/mol. The summed E-state index contributed by atoms with van der Waals surface area (Å²) in [4.78, 5) is 4.55. The summed E-state index contributed by atoms with van der Waals surface area (Å²) in [5, 5.41) is 9.89. The smallest absolute Gasteiger partial charge is 0.239 e. The molecule has 3 aromatic rings. The number of para-hydroxylation sites is 1. The van der Waals surface area contributed by atoms with Crippen LogP contribution in [0.3, 0.4) is 0 Å². The van der Waals surface area contributed by atoms with Gasteiger partial charge in [-0.05, 0) is 31.2 Å². The highest BCUT2D eigenvalue weighted by molar-refractivity contribution is 7.89. The second-order valence-corrected chi connectivity index (χ2v) is 8.35. The molecule has 0 amide bonds. The molecule has 0 saturated heterocycles. The lowest BCUT2D eigenvalue weighted by Crippen LogP contribution is -2.30. The number of thiazole rings is 1. The maximum absolute atomic E-state index is 12.9. The van der Waals surface area contributed by atoms with Gasteiger partial charge in [-0.2, -0.15) is 9.57 Å². The first-order chi connectivity index (χ1) is 11.4. The molecule has 3 rings (SSSR count). The molecule has 0 bridgehead atoms. The quantitative estimate of drug-likeness (QED) is 0.716. The Morgan fingerprint density at radius 1 is 1.17 bits per heavy atom. The van der Waals surface area contributed by atoms with Gasteiger partial charge in [-0.15, -0.1) is 11.3 Å². The van der Waals surface area contributed by atoms with Gasteiger partial charge in [0.15, 0.2) is 0 Å². The van der Waals surface area contributed by atoms with Gasteiger partial charge >= 0.3 is 0 Å². The van der Waals surface area contributed by atoms with Crippen LogP contribution in [0.2, 0.25) is 0 Å². The molecule has 0 saturated carbocycles. The molecule has 1 heterocycles. The Labute approximate surface area is 144 Å². The first-order valence-electron chi connectivity index (χ1n) is 7.28. The Morgan fingerprint density at radius 2 is 1.83 bits per heavy atom. The van der Waals surface area contributed by atoms with Gasteiger partial charge in [-0.3, -0.25) is 0 Å². The van der Waals surface area contributed by atoms with Gasteiger partial charge in [-0.25, -0.2) is 13.4 Å². The van der Waals surface area contributed by atoms with Crippen LogP contribution >= 0.6 is 11.3 Å². The van der Waals surface area contributed by atoms with Crippen molar-refractivity contribution < 1.29 is 8.42 Å². The molecule has 0 aliphatic carbocycles. The third kappa shape index (κ3) is 2.80. The molecule has 2 aromatic carbocycles. The Balaban J connectivity index is 2.00. The topological polar surface area (TPSA) is 74.1 Å². The lowest BCUT2D eigenvalue weighted by molar-refractivity contribution is 0.397. The molecule has 0 N–H and O–H groups in total. The maximum Gasteiger partial charge on any atom is 0.244 e. The normalized spacial score (nSPS) is 13.1. The number of aromatic nitrogens is 1. The van der Waals surface area contributed by atoms with E-state index in [1.165, 1.54) is 34.8 Å². The maximum atomic E-state index is 12.9. The molecule has 0 unspecified atom stereocenters. The van der Waals surface area contributed by atoms with Gasteiger partial charge in [0, 0.05) is 7.05 Å². The lowest BCUT2D eigenvalue weighted by Gasteiger charge is -2.23. The van der Waals surface area contributed by atoms with E-state index in [0.717, 1.165) is 15.2 Å². The summed E-state index contributed by atoms with van der Waals surface area (Å²) in [6.07, 6.45) is 0. The third-order valence-corrected chi connectivity index (χ3v) is 7.07. The number of sulfonamides is 1. The highest BCUT2D eigenvalue weighted by atomic mass is 32.2. The number of benzene rings is 2. The lowest BCUT2D eigenvalue weighted by atomic mass is 10.2. The standard InChI is InChI=1S/C17H15N3O2S2/c1-12(17-19-14-8-4-5-9-15(14)23-17)20(2)24(21,22)16-10-6-3-7-13(16)11-18/h3-10,12H,1-2H3/t12-/m0/s1. The minimum absolute atomic E-state index is 0.0166. The molecular formula is C17H15N3O2S2. The van der Waals surface area contributed by atoms with Crippen molar-refractivity contribution in [2.24, 2.45) is 0 Å². The van der Waals surface area contributed by atoms with Crippen molar-refractivity contribution in [3.05, 3.63) is 59.1 Å². The van der Waals surface area contributed by atoms with Gasteiger partial charge in [0.1, 0.15) is 11.1 Å². The molecule has 24 heavy (non-hydrogen) atoms. The molecule has 1 atom stereocenters. The zero-order valence-corrected chi connectivity index (χ0v) is 14.8. The Hall–Kier alpha value is -2.27. The molecule has 1 aromatic heterocycles. The third-order valence-electron chi connectivity index (χ3n) is 3.88. The highest BCUT2D eigenvalue weighted by Gasteiger charge is 2.30. The monoisotopic (exact) mass is 357 g/mol. The van der Waals surface area contributed by atoms with Gasteiger partial charge in [0.2, 0.25) is 10.0 Å². The number of hydrogen-bond acceptors (Lipinski definition) is 5. The fourth-order valence-electron chi connectivity index (χ4n) is 2.37. The molecule has 7 heteroatoms. The summed E-state index contributed by atoms with van der Waals surface area (Å²) in [5.41, 5.74) is 0.994. The molecule has 0 radical (unpaired) electrons. The SMILES string of the molecule is C[C@@H](c1nc2ccccc2s1)N(C)S(=O)(=O)c1ccccc1C#N. The van der Waals surface area contributed by atoms with E-state index in [-0.39, 0.29) is 10.5 Å². The largest absolute Gasteiger partial charge is 0.244 e. The Morgan fingerprint density at radius 3 is 2.54 bits per heavy atom. The molecule has 122 valence electrons. The van der Waals surface area contributed by atoms with Crippen LogP contribution in [0.5, 0.6) is 0 Å². The molecule has 0 fully saturated rings. The fraction of sp³-hybridized carbons (Fsp3) is 0.176.